The molecule has 0 atom stereocenters. The van der Waals surface area contributed by atoms with Gasteiger partial charge in [0.25, 0.3) is 0 Å². The fraction of sp³-hybridized carbons (Fsp3) is 0.367. The number of piperidine rings is 1. The lowest BCUT2D eigenvalue weighted by Gasteiger charge is -2.46. The highest BCUT2D eigenvalue weighted by Crippen LogP contribution is 2.38. The Morgan fingerprint density at radius 3 is 2.47 bits per heavy atom. The molecule has 1 N–H and O–H groups in total. The second-order valence-corrected chi connectivity index (χ2v) is 11.5. The molecule has 0 amide bonds. The van der Waals surface area contributed by atoms with E-state index in [2.05, 4.69) is 44.1 Å². The number of aromatic nitrogens is 1. The minimum Gasteiger partial charge on any atom is -0.454 e. The number of rotatable bonds is 6. The molecule has 6 heteroatoms. The smallest absolute Gasteiger partial charge is 0.163 e. The van der Waals surface area contributed by atoms with Crippen LogP contribution in [0.1, 0.15) is 68.4 Å². The largest absolute Gasteiger partial charge is 0.454 e. The summed E-state index contributed by atoms with van der Waals surface area (Å²) in [6, 6.07) is 14.8. The van der Waals surface area contributed by atoms with E-state index in [0.717, 1.165) is 29.5 Å². The minimum atomic E-state index is -0.0104. The maximum absolute atomic E-state index is 13.1. The number of Topliss-reactive ketones (excluding diaryl/α,β-unsaturated/α-hetero) is 1. The lowest BCUT2D eigenvalue weighted by Crippen LogP contribution is -2.57. The Morgan fingerprint density at radius 1 is 1.11 bits per heavy atom. The van der Waals surface area contributed by atoms with E-state index in [9.17, 15) is 10.1 Å². The van der Waals surface area contributed by atoms with Gasteiger partial charge >= 0.3 is 0 Å². The fourth-order valence-electron chi connectivity index (χ4n) is 5.61. The van der Waals surface area contributed by atoms with Crippen LogP contribution in [0.15, 0.2) is 54.9 Å². The molecule has 2 heterocycles. The van der Waals surface area contributed by atoms with Gasteiger partial charge in [0.1, 0.15) is 23.1 Å². The Bertz CT molecular complexity index is 1320. The topological polar surface area (TPSA) is 75.0 Å². The van der Waals surface area contributed by atoms with Crippen LogP contribution in [0.5, 0.6) is 11.5 Å². The van der Waals surface area contributed by atoms with E-state index in [0.29, 0.717) is 40.0 Å². The van der Waals surface area contributed by atoms with E-state index in [4.69, 9.17) is 16.3 Å². The fourth-order valence-corrected chi connectivity index (χ4v) is 5.83. The van der Waals surface area contributed by atoms with Gasteiger partial charge in [-0.2, -0.15) is 5.26 Å². The number of ether oxygens (including phenoxy) is 1. The zero-order valence-electron chi connectivity index (χ0n) is 21.5. The van der Waals surface area contributed by atoms with E-state index >= 15 is 0 Å². The van der Waals surface area contributed by atoms with Gasteiger partial charge in [-0.25, -0.2) is 0 Å². The summed E-state index contributed by atoms with van der Waals surface area (Å²) >= 11 is 6.55. The van der Waals surface area contributed by atoms with Crippen LogP contribution in [0.3, 0.4) is 0 Å². The number of pyridine rings is 1. The molecular weight excluding hydrogens is 470 g/mol. The molecule has 3 aromatic rings. The molecule has 0 unspecified atom stereocenters. The van der Waals surface area contributed by atoms with Crippen molar-refractivity contribution in [2.75, 3.05) is 0 Å². The van der Waals surface area contributed by atoms with Gasteiger partial charge in [0.15, 0.2) is 5.78 Å². The Morgan fingerprint density at radius 2 is 1.83 bits per heavy atom. The third kappa shape index (κ3) is 5.95. The number of halogens is 1. The third-order valence-corrected chi connectivity index (χ3v) is 6.84. The number of hydrogen-bond donors (Lipinski definition) is 1. The molecule has 1 saturated heterocycles. The Labute approximate surface area is 218 Å². The van der Waals surface area contributed by atoms with Crippen molar-refractivity contribution >= 4 is 17.4 Å². The number of aryl methyl sites for hydroxylation is 1. The van der Waals surface area contributed by atoms with Crippen LogP contribution in [0.4, 0.5) is 0 Å². The predicted octanol–water partition coefficient (Wildman–Crippen LogP) is 7.50. The summed E-state index contributed by atoms with van der Waals surface area (Å²) in [6.07, 6.45) is 5.87. The summed E-state index contributed by atoms with van der Waals surface area (Å²) in [4.78, 5) is 17.4. The average Bonchev–Trinajstić information content (AvgIpc) is 2.78. The van der Waals surface area contributed by atoms with Crippen molar-refractivity contribution in [1.29, 1.82) is 5.26 Å². The summed E-state index contributed by atoms with van der Waals surface area (Å²) in [5.74, 6) is 1.18. The molecule has 0 radical (unpaired) electrons. The Balaban J connectivity index is 1.54. The van der Waals surface area contributed by atoms with Crippen molar-refractivity contribution in [1.82, 2.24) is 10.3 Å². The number of carbonyl (C=O) groups excluding carboxylic acids is 1. The second-order valence-electron chi connectivity index (χ2n) is 11.1. The maximum atomic E-state index is 13.1. The summed E-state index contributed by atoms with van der Waals surface area (Å²) in [5, 5.41) is 13.9. The average molecular weight is 502 g/mol. The molecule has 4 rings (SSSR count). The van der Waals surface area contributed by atoms with E-state index < -0.39 is 0 Å². The lowest BCUT2D eigenvalue weighted by atomic mass is 9.74. The Kier molecular flexibility index (Phi) is 7.22. The van der Waals surface area contributed by atoms with Crippen molar-refractivity contribution in [3.63, 3.8) is 0 Å². The summed E-state index contributed by atoms with van der Waals surface area (Å²) < 4.78 is 6.07. The Hall–Kier alpha value is -3.20. The number of ketones is 1. The summed E-state index contributed by atoms with van der Waals surface area (Å²) in [5.41, 5.74) is 3.53. The molecule has 1 fully saturated rings. The van der Waals surface area contributed by atoms with Gasteiger partial charge in [-0.05, 0) is 89.3 Å². The number of nitrogens with zero attached hydrogens (tertiary/aromatic N) is 2. The first-order chi connectivity index (χ1) is 17.0. The standard InChI is InChI=1S/C30H32ClN3O2/c1-19-11-22(18-33-17-19)23-7-6-8-27(24(23)16-32)36-28-10-9-21(13-25(28)31)26(35)12-20-14-29(2,3)34-30(4,5)15-20/h6-11,13,17-18,20,34H,12,14-15H2,1-5H3. The third-order valence-electron chi connectivity index (χ3n) is 6.55. The number of hydrogen-bond acceptors (Lipinski definition) is 5. The van der Waals surface area contributed by atoms with E-state index in [1.54, 1.807) is 36.7 Å². The molecule has 0 saturated carbocycles. The zero-order valence-corrected chi connectivity index (χ0v) is 22.2. The normalized spacial score (nSPS) is 16.8. The molecule has 1 aliphatic rings. The summed E-state index contributed by atoms with van der Waals surface area (Å²) in [7, 11) is 0. The van der Waals surface area contributed by atoms with Gasteiger partial charge in [0.2, 0.25) is 0 Å². The van der Waals surface area contributed by atoms with Crippen molar-refractivity contribution in [2.24, 2.45) is 5.92 Å². The molecule has 1 aromatic heterocycles. The van der Waals surface area contributed by atoms with Crippen molar-refractivity contribution < 1.29 is 9.53 Å². The molecule has 0 spiro atoms. The highest BCUT2D eigenvalue weighted by Gasteiger charge is 2.38. The van der Waals surface area contributed by atoms with Crippen LogP contribution in [0.25, 0.3) is 11.1 Å². The van der Waals surface area contributed by atoms with Gasteiger partial charge in [-0.3, -0.25) is 9.78 Å². The number of benzene rings is 2. The summed E-state index contributed by atoms with van der Waals surface area (Å²) in [6.45, 7) is 10.7. The first kappa shape index (κ1) is 25.9. The maximum Gasteiger partial charge on any atom is 0.163 e. The van der Waals surface area contributed by atoms with Crippen molar-refractivity contribution in [3.05, 3.63) is 76.6 Å². The molecule has 186 valence electrons. The van der Waals surface area contributed by atoms with Crippen molar-refractivity contribution in [2.45, 2.75) is 65.0 Å². The van der Waals surface area contributed by atoms with Crippen LogP contribution in [0.2, 0.25) is 5.02 Å². The molecule has 36 heavy (non-hydrogen) atoms. The number of carbonyl (C=O) groups is 1. The number of nitriles is 1. The monoisotopic (exact) mass is 501 g/mol. The van der Waals surface area contributed by atoms with Gasteiger partial charge in [0.05, 0.1) is 5.02 Å². The van der Waals surface area contributed by atoms with Crippen molar-refractivity contribution in [3.8, 4) is 28.7 Å². The first-order valence-corrected chi connectivity index (χ1v) is 12.6. The van der Waals surface area contributed by atoms with E-state index in [-0.39, 0.29) is 16.9 Å². The van der Waals surface area contributed by atoms with E-state index in [1.807, 2.05) is 25.1 Å². The quantitative estimate of drug-likeness (QED) is 0.354. The molecule has 5 nitrogen and oxygen atoms in total. The van der Waals surface area contributed by atoms with Crippen LogP contribution in [-0.2, 0) is 0 Å². The van der Waals surface area contributed by atoms with Crippen LogP contribution in [-0.4, -0.2) is 21.8 Å². The zero-order chi connectivity index (χ0) is 26.1. The SMILES string of the molecule is Cc1cncc(-c2cccc(Oc3ccc(C(=O)CC4CC(C)(C)NC(C)(C)C4)cc3Cl)c2C#N)c1. The minimum absolute atomic E-state index is 0.0104. The molecule has 0 bridgehead atoms. The van der Waals surface area contributed by atoms with Gasteiger partial charge in [-0.1, -0.05) is 23.7 Å². The van der Waals surface area contributed by atoms with Crippen LogP contribution >= 0.6 is 11.6 Å². The predicted molar refractivity (Wildman–Crippen MR) is 144 cm³/mol. The molecular formula is C30H32ClN3O2. The number of nitrogens with one attached hydrogen (secondary N) is 1. The highest BCUT2D eigenvalue weighted by molar-refractivity contribution is 6.32. The van der Waals surface area contributed by atoms with Crippen LogP contribution in [0, 0.1) is 24.2 Å². The van der Waals surface area contributed by atoms with Crippen LogP contribution < -0.4 is 10.1 Å². The van der Waals surface area contributed by atoms with Gasteiger partial charge < -0.3 is 10.1 Å². The van der Waals surface area contributed by atoms with E-state index in [1.165, 1.54) is 0 Å². The van der Waals surface area contributed by atoms with Gasteiger partial charge in [-0.15, -0.1) is 0 Å². The molecule has 2 aromatic carbocycles. The first-order valence-electron chi connectivity index (χ1n) is 12.2. The second kappa shape index (κ2) is 10.0. The lowest BCUT2D eigenvalue weighted by molar-refractivity contribution is 0.0864. The van der Waals surface area contributed by atoms with Gasteiger partial charge in [0, 0.05) is 46.6 Å². The highest BCUT2D eigenvalue weighted by atomic mass is 35.5. The molecule has 1 aliphatic heterocycles. The molecule has 0 aliphatic carbocycles.